The molecule has 2 aliphatic rings. The number of rotatable bonds is 7. The lowest BCUT2D eigenvalue weighted by Crippen LogP contribution is -2.57. The van der Waals surface area contributed by atoms with Crippen molar-refractivity contribution >= 4 is 29.7 Å². The number of carboxylic acid groups (broad SMARTS) is 1. The maximum atomic E-state index is 13.3. The summed E-state index contributed by atoms with van der Waals surface area (Å²) in [5, 5.41) is 12.3. The Morgan fingerprint density at radius 3 is 2.29 bits per heavy atom. The molecule has 7 nitrogen and oxygen atoms in total. The molecule has 0 bridgehead atoms. The maximum Gasteiger partial charge on any atom is 0.407 e. The SMILES string of the molecule is CC(C)C[C@@H](NC(=O)OCC1c2ccccc2-c2ccccc21)C(=O)N1CCSCC1C(=O)O. The number of hydrogen-bond acceptors (Lipinski definition) is 5. The molecule has 1 unspecified atom stereocenters. The van der Waals surface area contributed by atoms with Gasteiger partial charge in [-0.05, 0) is 34.6 Å². The summed E-state index contributed by atoms with van der Waals surface area (Å²) >= 11 is 1.52. The van der Waals surface area contributed by atoms with Gasteiger partial charge in [-0.3, -0.25) is 4.79 Å². The Kier molecular flexibility index (Phi) is 7.46. The number of aliphatic carboxylic acids is 1. The van der Waals surface area contributed by atoms with Gasteiger partial charge in [0.25, 0.3) is 0 Å². The van der Waals surface area contributed by atoms with Gasteiger partial charge in [-0.25, -0.2) is 9.59 Å². The van der Waals surface area contributed by atoms with Crippen LogP contribution in [-0.4, -0.2) is 64.7 Å². The zero-order chi connectivity index (χ0) is 24.2. The fourth-order valence-electron chi connectivity index (χ4n) is 4.75. The van der Waals surface area contributed by atoms with Gasteiger partial charge in [-0.15, -0.1) is 0 Å². The second-order valence-electron chi connectivity index (χ2n) is 9.11. The molecule has 4 rings (SSSR count). The summed E-state index contributed by atoms with van der Waals surface area (Å²) in [5.74, 6) is -0.312. The summed E-state index contributed by atoms with van der Waals surface area (Å²) in [6, 6.07) is 14.5. The average molecular weight is 483 g/mol. The smallest absolute Gasteiger partial charge is 0.407 e. The number of alkyl carbamates (subject to hydrolysis) is 1. The van der Waals surface area contributed by atoms with Gasteiger partial charge in [0.15, 0.2) is 0 Å². The molecule has 0 aromatic heterocycles. The van der Waals surface area contributed by atoms with Gasteiger partial charge in [-0.1, -0.05) is 62.4 Å². The zero-order valence-electron chi connectivity index (χ0n) is 19.4. The first-order chi connectivity index (χ1) is 16.4. The highest BCUT2D eigenvalue weighted by Gasteiger charge is 2.37. The molecule has 2 aromatic rings. The van der Waals surface area contributed by atoms with Crippen molar-refractivity contribution in [2.75, 3.05) is 24.7 Å². The van der Waals surface area contributed by atoms with Gasteiger partial charge in [0.1, 0.15) is 18.7 Å². The molecule has 2 aromatic carbocycles. The molecule has 1 heterocycles. The molecule has 8 heteroatoms. The Morgan fingerprint density at radius 2 is 1.71 bits per heavy atom. The molecule has 1 fully saturated rings. The molecule has 2 N–H and O–H groups in total. The molecule has 0 saturated carbocycles. The molecule has 2 atom stereocenters. The van der Waals surface area contributed by atoms with E-state index >= 15 is 0 Å². The van der Waals surface area contributed by atoms with Crippen molar-refractivity contribution in [3.63, 3.8) is 0 Å². The molecular formula is C26H30N2O5S. The Balaban J connectivity index is 1.45. The summed E-state index contributed by atoms with van der Waals surface area (Å²) in [4.78, 5) is 39.1. The minimum atomic E-state index is -1.02. The Bertz CT molecular complexity index is 1030. The number of benzene rings is 2. The summed E-state index contributed by atoms with van der Waals surface area (Å²) in [7, 11) is 0. The van der Waals surface area contributed by atoms with Gasteiger partial charge in [0.05, 0.1) is 0 Å². The Morgan fingerprint density at radius 1 is 1.09 bits per heavy atom. The van der Waals surface area contributed by atoms with Gasteiger partial charge in [0.2, 0.25) is 5.91 Å². The van der Waals surface area contributed by atoms with Crippen LogP contribution in [0.4, 0.5) is 4.79 Å². The van der Waals surface area contributed by atoms with Gasteiger partial charge in [0, 0.05) is 24.0 Å². The van der Waals surface area contributed by atoms with Crippen LogP contribution in [0.1, 0.15) is 37.3 Å². The van der Waals surface area contributed by atoms with Crippen LogP contribution in [-0.2, 0) is 14.3 Å². The number of nitrogens with one attached hydrogen (secondary N) is 1. The molecule has 0 radical (unpaired) electrons. The highest BCUT2D eigenvalue weighted by atomic mass is 32.2. The normalized spacial score (nSPS) is 18.2. The van der Waals surface area contributed by atoms with E-state index in [4.69, 9.17) is 4.74 Å². The largest absolute Gasteiger partial charge is 0.480 e. The topological polar surface area (TPSA) is 95.9 Å². The highest BCUT2D eigenvalue weighted by Crippen LogP contribution is 2.44. The first kappa shape index (κ1) is 24.1. The number of carboxylic acids is 1. The first-order valence-electron chi connectivity index (χ1n) is 11.6. The maximum absolute atomic E-state index is 13.3. The molecule has 34 heavy (non-hydrogen) atoms. The second kappa shape index (κ2) is 10.5. The van der Waals surface area contributed by atoms with E-state index in [-0.39, 0.29) is 24.3 Å². The standard InChI is InChI=1S/C26H30N2O5S/c1-16(2)13-22(24(29)28-11-12-34-15-23(28)25(30)31)27-26(32)33-14-21-19-9-5-3-7-17(19)18-8-4-6-10-20(18)21/h3-10,16,21-23H,11-15H2,1-2H3,(H,27,32)(H,30,31)/t22-,23?/m1/s1. The number of hydrogen-bond donors (Lipinski definition) is 2. The lowest BCUT2D eigenvalue weighted by Gasteiger charge is -2.35. The fourth-order valence-corrected chi connectivity index (χ4v) is 5.79. The van der Waals surface area contributed by atoms with Crippen molar-refractivity contribution < 1.29 is 24.2 Å². The van der Waals surface area contributed by atoms with Crippen molar-refractivity contribution in [2.45, 2.75) is 38.3 Å². The van der Waals surface area contributed by atoms with Crippen molar-refractivity contribution in [2.24, 2.45) is 5.92 Å². The van der Waals surface area contributed by atoms with Gasteiger partial charge < -0.3 is 20.1 Å². The van der Waals surface area contributed by atoms with Crippen LogP contribution >= 0.6 is 11.8 Å². The Hall–Kier alpha value is -3.00. The van der Waals surface area contributed by atoms with E-state index in [9.17, 15) is 19.5 Å². The summed E-state index contributed by atoms with van der Waals surface area (Å²) in [6.45, 7) is 4.42. The molecule has 1 saturated heterocycles. The van der Waals surface area contributed by atoms with E-state index in [0.29, 0.717) is 24.5 Å². The number of ether oxygens (including phenoxy) is 1. The minimum absolute atomic E-state index is 0.0760. The molecule has 0 spiro atoms. The third-order valence-electron chi connectivity index (χ3n) is 6.34. The van der Waals surface area contributed by atoms with Crippen LogP contribution in [0.3, 0.4) is 0 Å². The van der Waals surface area contributed by atoms with Gasteiger partial charge in [-0.2, -0.15) is 11.8 Å². The zero-order valence-corrected chi connectivity index (χ0v) is 20.2. The second-order valence-corrected chi connectivity index (χ2v) is 10.3. The van der Waals surface area contributed by atoms with E-state index in [0.717, 1.165) is 22.3 Å². The molecular weight excluding hydrogens is 452 g/mol. The van der Waals surface area contributed by atoms with E-state index in [2.05, 4.69) is 17.4 Å². The van der Waals surface area contributed by atoms with Crippen molar-refractivity contribution in [1.82, 2.24) is 10.2 Å². The van der Waals surface area contributed by atoms with E-state index < -0.39 is 24.1 Å². The van der Waals surface area contributed by atoms with Crippen LogP contribution < -0.4 is 5.32 Å². The fraction of sp³-hybridized carbons (Fsp3) is 0.423. The predicted octanol–water partition coefficient (Wildman–Crippen LogP) is 3.97. The van der Waals surface area contributed by atoms with Crippen LogP contribution in [0.2, 0.25) is 0 Å². The average Bonchev–Trinajstić information content (AvgIpc) is 3.15. The Labute approximate surface area is 203 Å². The van der Waals surface area contributed by atoms with Crippen molar-refractivity contribution in [3.05, 3.63) is 59.7 Å². The quantitative estimate of drug-likeness (QED) is 0.620. The van der Waals surface area contributed by atoms with Crippen molar-refractivity contribution in [1.29, 1.82) is 0 Å². The van der Waals surface area contributed by atoms with E-state index in [1.54, 1.807) is 0 Å². The van der Waals surface area contributed by atoms with Gasteiger partial charge >= 0.3 is 12.1 Å². The van der Waals surface area contributed by atoms with Crippen LogP contribution in [0, 0.1) is 5.92 Å². The third kappa shape index (κ3) is 5.06. The van der Waals surface area contributed by atoms with Crippen molar-refractivity contribution in [3.8, 4) is 11.1 Å². The van der Waals surface area contributed by atoms with E-state index in [1.165, 1.54) is 16.7 Å². The number of thioether (sulfide) groups is 1. The first-order valence-corrected chi connectivity index (χ1v) is 12.7. The highest BCUT2D eigenvalue weighted by molar-refractivity contribution is 7.99. The monoisotopic (exact) mass is 482 g/mol. The van der Waals surface area contributed by atoms with Crippen LogP contribution in [0.5, 0.6) is 0 Å². The molecule has 180 valence electrons. The summed E-state index contributed by atoms with van der Waals surface area (Å²) in [6.07, 6.45) is -0.266. The number of carbonyl (C=O) groups excluding carboxylic acids is 2. The minimum Gasteiger partial charge on any atom is -0.480 e. The predicted molar refractivity (Wildman–Crippen MR) is 132 cm³/mol. The van der Waals surface area contributed by atoms with E-state index in [1.807, 2.05) is 50.2 Å². The lowest BCUT2D eigenvalue weighted by molar-refractivity contribution is -0.150. The molecule has 1 aliphatic heterocycles. The van der Waals surface area contributed by atoms with Crippen LogP contribution in [0.15, 0.2) is 48.5 Å². The molecule has 1 aliphatic carbocycles. The lowest BCUT2D eigenvalue weighted by atomic mass is 9.98. The number of amides is 2. The third-order valence-corrected chi connectivity index (χ3v) is 7.36. The van der Waals surface area contributed by atoms with Crippen LogP contribution in [0.25, 0.3) is 11.1 Å². The molecule has 2 amide bonds. The summed E-state index contributed by atoms with van der Waals surface area (Å²) < 4.78 is 5.62. The number of nitrogens with zero attached hydrogens (tertiary/aromatic N) is 1. The summed E-state index contributed by atoms with van der Waals surface area (Å²) in [5.41, 5.74) is 4.51. The number of fused-ring (bicyclic) bond motifs is 3. The number of carbonyl (C=O) groups is 3.